The van der Waals surface area contributed by atoms with Gasteiger partial charge in [0, 0.05) is 16.5 Å². The molecule has 2 nitrogen and oxygen atoms in total. The minimum atomic E-state index is 0.308. The fourth-order valence-corrected chi connectivity index (χ4v) is 4.34. The predicted octanol–water partition coefficient (Wildman–Crippen LogP) is 4.31. The van der Waals surface area contributed by atoms with Gasteiger partial charge >= 0.3 is 0 Å². The highest BCUT2D eigenvalue weighted by molar-refractivity contribution is 7.09. The molecule has 120 valence electrons. The fourth-order valence-electron chi connectivity index (χ4n) is 3.61. The Morgan fingerprint density at radius 1 is 1.33 bits per heavy atom. The van der Waals surface area contributed by atoms with Crippen LogP contribution in [0.3, 0.4) is 0 Å². The molecule has 0 amide bonds. The Balaban J connectivity index is 2.04. The number of aryl methyl sites for hydroxylation is 1. The van der Waals surface area contributed by atoms with E-state index in [-0.39, 0.29) is 0 Å². The Kier molecular flexibility index (Phi) is 6.72. The summed E-state index contributed by atoms with van der Waals surface area (Å²) >= 11 is 1.90. The minimum absolute atomic E-state index is 0.308. The lowest BCUT2D eigenvalue weighted by Gasteiger charge is -2.45. The molecular formula is C18H32N2S. The first-order valence-electron chi connectivity index (χ1n) is 8.71. The van der Waals surface area contributed by atoms with Gasteiger partial charge in [0.2, 0.25) is 0 Å². The molecule has 0 spiro atoms. The first-order chi connectivity index (χ1) is 10.2. The molecule has 3 heteroatoms. The van der Waals surface area contributed by atoms with E-state index in [1.54, 1.807) is 0 Å². The van der Waals surface area contributed by atoms with Crippen LogP contribution in [0.15, 0.2) is 17.5 Å². The second kappa shape index (κ2) is 8.30. The van der Waals surface area contributed by atoms with E-state index in [1.165, 1.54) is 56.5 Å². The van der Waals surface area contributed by atoms with Crippen LogP contribution in [0, 0.1) is 0 Å². The third-order valence-electron chi connectivity index (χ3n) is 5.20. The molecule has 2 rings (SSSR count). The number of hydrogen-bond acceptors (Lipinski definition) is 3. The third-order valence-corrected chi connectivity index (χ3v) is 6.13. The molecular weight excluding hydrogens is 276 g/mol. The maximum atomic E-state index is 3.86. The van der Waals surface area contributed by atoms with Gasteiger partial charge in [0.25, 0.3) is 0 Å². The molecule has 2 heterocycles. The highest BCUT2D eigenvalue weighted by atomic mass is 32.1. The van der Waals surface area contributed by atoms with Crippen molar-refractivity contribution in [2.24, 2.45) is 0 Å². The first-order valence-corrected chi connectivity index (χ1v) is 9.59. The zero-order chi connectivity index (χ0) is 15.1. The predicted molar refractivity (Wildman–Crippen MR) is 94.2 cm³/mol. The summed E-state index contributed by atoms with van der Waals surface area (Å²) in [6, 6.07) is 5.05. The molecule has 1 fully saturated rings. The van der Waals surface area contributed by atoms with Crippen LogP contribution >= 0.6 is 11.3 Å². The van der Waals surface area contributed by atoms with Crippen LogP contribution in [0.2, 0.25) is 0 Å². The summed E-state index contributed by atoms with van der Waals surface area (Å²) in [7, 11) is 0. The molecule has 0 saturated carbocycles. The highest BCUT2D eigenvalue weighted by Gasteiger charge is 2.38. The van der Waals surface area contributed by atoms with E-state index in [1.807, 2.05) is 11.3 Å². The second-order valence-electron chi connectivity index (χ2n) is 6.53. The topological polar surface area (TPSA) is 15.3 Å². The van der Waals surface area contributed by atoms with Gasteiger partial charge in [-0.3, -0.25) is 4.90 Å². The molecule has 1 aromatic heterocycles. The van der Waals surface area contributed by atoms with Crippen LogP contribution in [0.25, 0.3) is 0 Å². The van der Waals surface area contributed by atoms with Crippen LogP contribution in [-0.2, 0) is 6.42 Å². The number of thiophene rings is 1. The van der Waals surface area contributed by atoms with Crippen LogP contribution < -0.4 is 5.32 Å². The Hall–Kier alpha value is -0.380. The maximum absolute atomic E-state index is 3.86. The highest BCUT2D eigenvalue weighted by Crippen LogP contribution is 2.30. The average Bonchev–Trinajstić information content (AvgIpc) is 3.20. The summed E-state index contributed by atoms with van der Waals surface area (Å²) in [5, 5.41) is 6.06. The minimum Gasteiger partial charge on any atom is -0.312 e. The SMILES string of the molecule is CCCNC(CCc1cccs1)C(C)(CC)N1CCCC1. The molecule has 1 aliphatic rings. The van der Waals surface area contributed by atoms with Gasteiger partial charge in [-0.15, -0.1) is 11.3 Å². The van der Waals surface area contributed by atoms with Gasteiger partial charge < -0.3 is 5.32 Å². The molecule has 0 aromatic carbocycles. The molecule has 21 heavy (non-hydrogen) atoms. The molecule has 0 aliphatic carbocycles. The van der Waals surface area contributed by atoms with Crippen molar-refractivity contribution >= 4 is 11.3 Å². The summed E-state index contributed by atoms with van der Waals surface area (Å²) < 4.78 is 0. The Bertz CT molecular complexity index is 384. The van der Waals surface area contributed by atoms with Crippen LogP contribution in [0.5, 0.6) is 0 Å². The van der Waals surface area contributed by atoms with Crippen molar-refractivity contribution in [2.45, 2.75) is 70.9 Å². The van der Waals surface area contributed by atoms with Gasteiger partial charge in [-0.2, -0.15) is 0 Å². The van der Waals surface area contributed by atoms with E-state index in [0.29, 0.717) is 11.6 Å². The van der Waals surface area contributed by atoms with Crippen molar-refractivity contribution in [1.82, 2.24) is 10.2 Å². The van der Waals surface area contributed by atoms with Gasteiger partial charge in [0.05, 0.1) is 0 Å². The van der Waals surface area contributed by atoms with E-state index in [0.717, 1.165) is 6.54 Å². The van der Waals surface area contributed by atoms with Crippen LogP contribution in [0.4, 0.5) is 0 Å². The van der Waals surface area contributed by atoms with Gasteiger partial charge in [0.15, 0.2) is 0 Å². The van der Waals surface area contributed by atoms with Crippen molar-refractivity contribution in [2.75, 3.05) is 19.6 Å². The number of rotatable bonds is 9. The standard InChI is InChI=1S/C18H32N2S/c1-4-12-19-17(11-10-16-9-8-15-21-16)18(3,5-2)20-13-6-7-14-20/h8-9,15,17,19H,4-7,10-14H2,1-3H3. The van der Waals surface area contributed by atoms with Crippen molar-refractivity contribution in [3.05, 3.63) is 22.4 Å². The Labute approximate surface area is 134 Å². The summed E-state index contributed by atoms with van der Waals surface area (Å²) in [6.07, 6.45) is 7.67. The Morgan fingerprint density at radius 2 is 2.10 bits per heavy atom. The van der Waals surface area contributed by atoms with Crippen molar-refractivity contribution in [3.63, 3.8) is 0 Å². The molecule has 1 aliphatic heterocycles. The lowest BCUT2D eigenvalue weighted by Crippen LogP contribution is -2.58. The molecule has 0 bridgehead atoms. The van der Waals surface area contributed by atoms with Crippen LogP contribution in [-0.4, -0.2) is 36.1 Å². The Morgan fingerprint density at radius 3 is 2.67 bits per heavy atom. The van der Waals surface area contributed by atoms with E-state index >= 15 is 0 Å². The van der Waals surface area contributed by atoms with Crippen molar-refractivity contribution in [1.29, 1.82) is 0 Å². The lowest BCUT2D eigenvalue weighted by atomic mass is 9.84. The number of likely N-dealkylation sites (tertiary alicyclic amines) is 1. The van der Waals surface area contributed by atoms with Gasteiger partial charge in [0.1, 0.15) is 0 Å². The zero-order valence-corrected chi connectivity index (χ0v) is 14.8. The molecule has 2 unspecified atom stereocenters. The number of nitrogens with one attached hydrogen (secondary N) is 1. The maximum Gasteiger partial charge on any atom is 0.0331 e. The lowest BCUT2D eigenvalue weighted by molar-refractivity contribution is 0.0805. The molecule has 1 N–H and O–H groups in total. The first kappa shape index (κ1) is 17.0. The average molecular weight is 309 g/mol. The molecule has 1 saturated heterocycles. The summed E-state index contributed by atoms with van der Waals surface area (Å²) in [6.45, 7) is 10.8. The van der Waals surface area contributed by atoms with Crippen molar-refractivity contribution < 1.29 is 0 Å². The number of nitrogens with zero attached hydrogens (tertiary/aromatic N) is 1. The van der Waals surface area contributed by atoms with Gasteiger partial charge in [-0.25, -0.2) is 0 Å². The van der Waals surface area contributed by atoms with Crippen LogP contribution in [0.1, 0.15) is 57.8 Å². The van der Waals surface area contributed by atoms with Gasteiger partial charge in [-0.05, 0) is 76.5 Å². The summed E-state index contributed by atoms with van der Waals surface area (Å²) in [5.74, 6) is 0. The van der Waals surface area contributed by atoms with Crippen molar-refractivity contribution in [3.8, 4) is 0 Å². The molecule has 1 aromatic rings. The molecule has 0 radical (unpaired) electrons. The van der Waals surface area contributed by atoms with E-state index in [2.05, 4.69) is 48.5 Å². The summed E-state index contributed by atoms with van der Waals surface area (Å²) in [4.78, 5) is 4.27. The van der Waals surface area contributed by atoms with E-state index in [4.69, 9.17) is 0 Å². The third kappa shape index (κ3) is 4.30. The molecule has 2 atom stereocenters. The van der Waals surface area contributed by atoms with Gasteiger partial charge in [-0.1, -0.05) is 19.9 Å². The monoisotopic (exact) mass is 308 g/mol. The zero-order valence-electron chi connectivity index (χ0n) is 14.0. The quantitative estimate of drug-likeness (QED) is 0.731. The van der Waals surface area contributed by atoms with E-state index in [9.17, 15) is 0 Å². The fraction of sp³-hybridized carbons (Fsp3) is 0.778. The van der Waals surface area contributed by atoms with E-state index < -0.39 is 0 Å². The summed E-state index contributed by atoms with van der Waals surface area (Å²) in [5.41, 5.74) is 0.308. The smallest absolute Gasteiger partial charge is 0.0331 e. The number of hydrogen-bond donors (Lipinski definition) is 1. The normalized spacial score (nSPS) is 20.5. The largest absolute Gasteiger partial charge is 0.312 e. The second-order valence-corrected chi connectivity index (χ2v) is 7.56.